The van der Waals surface area contributed by atoms with E-state index in [1.807, 2.05) is 60.0 Å². The molecule has 0 radical (unpaired) electrons. The van der Waals surface area contributed by atoms with E-state index >= 15 is 0 Å². The summed E-state index contributed by atoms with van der Waals surface area (Å²) >= 11 is 1.84. The summed E-state index contributed by atoms with van der Waals surface area (Å²) in [6.07, 6.45) is 1.85. The van der Waals surface area contributed by atoms with Crippen LogP contribution in [0.3, 0.4) is 0 Å². The van der Waals surface area contributed by atoms with Crippen molar-refractivity contribution in [1.29, 1.82) is 0 Å². The zero-order valence-corrected chi connectivity index (χ0v) is 24.0. The molecule has 0 saturated carbocycles. The van der Waals surface area contributed by atoms with Gasteiger partial charge in [0, 0.05) is 55.8 Å². The molecule has 4 aromatic heterocycles. The average molecular weight is 573 g/mol. The summed E-state index contributed by atoms with van der Waals surface area (Å²) in [5.41, 5.74) is 5.27. The van der Waals surface area contributed by atoms with Crippen LogP contribution in [0.15, 0.2) is 128 Å². The third-order valence-corrected chi connectivity index (χ3v) is 9.37. The third kappa shape index (κ3) is 3.70. The van der Waals surface area contributed by atoms with Crippen molar-refractivity contribution in [2.24, 2.45) is 7.05 Å². The Bertz CT molecular complexity index is 2500. The molecule has 5 nitrogen and oxygen atoms in total. The fourth-order valence-corrected chi connectivity index (χ4v) is 7.45. The van der Waals surface area contributed by atoms with Crippen LogP contribution in [0.5, 0.6) is 11.5 Å². The van der Waals surface area contributed by atoms with E-state index in [4.69, 9.17) is 14.7 Å². The number of hydrogen-bond acceptors (Lipinski definition) is 4. The molecular weight excluding hydrogens is 549 g/mol. The highest BCUT2D eigenvalue weighted by Crippen LogP contribution is 2.44. The fourth-order valence-electron chi connectivity index (χ4n) is 6.34. The van der Waals surface area contributed by atoms with Gasteiger partial charge in [-0.05, 0) is 66.7 Å². The molecule has 9 rings (SSSR count). The maximum Gasteiger partial charge on any atom is 0.140 e. The maximum atomic E-state index is 6.52. The number of ether oxygens (including phenoxy) is 1. The Balaban J connectivity index is 1.22. The Morgan fingerprint density at radius 3 is 2.40 bits per heavy atom. The van der Waals surface area contributed by atoms with Gasteiger partial charge in [-0.15, -0.1) is 11.3 Å². The van der Waals surface area contributed by atoms with Crippen molar-refractivity contribution < 1.29 is 4.74 Å². The molecule has 0 unspecified atom stereocenters. The smallest absolute Gasteiger partial charge is 0.140 e. The molecule has 0 saturated heterocycles. The Labute approximate surface area is 250 Å². The quantitative estimate of drug-likeness (QED) is 0.211. The summed E-state index contributed by atoms with van der Waals surface area (Å²) in [6, 6.07) is 41.9. The monoisotopic (exact) mass is 572 g/mol. The van der Waals surface area contributed by atoms with E-state index in [2.05, 4.69) is 95.0 Å². The van der Waals surface area contributed by atoms with Gasteiger partial charge in [-0.3, -0.25) is 4.57 Å². The van der Waals surface area contributed by atoms with Crippen molar-refractivity contribution in [3.8, 4) is 28.7 Å². The second kappa shape index (κ2) is 9.28. The molecule has 0 aliphatic heterocycles. The first kappa shape index (κ1) is 24.2. The van der Waals surface area contributed by atoms with Crippen molar-refractivity contribution in [3.05, 3.63) is 128 Å². The van der Waals surface area contributed by atoms with Crippen molar-refractivity contribution in [2.75, 3.05) is 0 Å². The number of rotatable bonds is 4. The van der Waals surface area contributed by atoms with Gasteiger partial charge in [0.25, 0.3) is 0 Å². The highest BCUT2D eigenvalue weighted by Gasteiger charge is 2.19. The minimum Gasteiger partial charge on any atom is -0.457 e. The molecule has 0 N–H and O–H groups in total. The van der Waals surface area contributed by atoms with E-state index in [1.165, 1.54) is 30.9 Å². The second-order valence-corrected chi connectivity index (χ2v) is 11.8. The molecule has 0 aliphatic rings. The van der Waals surface area contributed by atoms with Crippen molar-refractivity contribution in [2.45, 2.75) is 0 Å². The molecular formula is C37H24N4OS. The summed E-state index contributed by atoms with van der Waals surface area (Å²) in [7, 11) is 2.05. The van der Waals surface area contributed by atoms with Crippen molar-refractivity contribution in [1.82, 2.24) is 19.1 Å². The first-order valence-electron chi connectivity index (χ1n) is 14.2. The molecule has 43 heavy (non-hydrogen) atoms. The fraction of sp³-hybridized carbons (Fsp3) is 0.0270. The van der Waals surface area contributed by atoms with Gasteiger partial charge in [0.05, 0.1) is 22.1 Å². The first-order chi connectivity index (χ1) is 21.2. The van der Waals surface area contributed by atoms with Crippen LogP contribution in [-0.2, 0) is 7.05 Å². The molecule has 0 bridgehead atoms. The molecule has 0 aliphatic carbocycles. The highest BCUT2D eigenvalue weighted by atomic mass is 32.1. The normalized spacial score (nSPS) is 11.8. The number of pyridine rings is 1. The van der Waals surface area contributed by atoms with Gasteiger partial charge in [0.15, 0.2) is 0 Å². The molecule has 0 amide bonds. The molecule has 0 fully saturated rings. The summed E-state index contributed by atoms with van der Waals surface area (Å²) in [6.45, 7) is 0. The van der Waals surface area contributed by atoms with Gasteiger partial charge < -0.3 is 9.30 Å². The number of hydrogen-bond donors (Lipinski definition) is 0. The number of benzene rings is 5. The number of aryl methyl sites for hydroxylation is 1. The lowest BCUT2D eigenvalue weighted by molar-refractivity contribution is 0.483. The number of aromatic nitrogens is 4. The Morgan fingerprint density at radius 2 is 1.49 bits per heavy atom. The van der Waals surface area contributed by atoms with E-state index < -0.39 is 0 Å². The lowest BCUT2D eigenvalue weighted by atomic mass is 10.1. The van der Waals surface area contributed by atoms with Crippen molar-refractivity contribution in [3.63, 3.8) is 0 Å². The Hall–Kier alpha value is -5.46. The Morgan fingerprint density at radius 1 is 0.628 bits per heavy atom. The SMILES string of the molecule is Cn1c(-c2cccc(Oc3ccc4c5c6c(ccc5n(-c5ccccn5)c4c3)sc3ccccc36)c2)nc2ccccc21. The van der Waals surface area contributed by atoms with Crippen LogP contribution >= 0.6 is 11.3 Å². The largest absolute Gasteiger partial charge is 0.457 e. The number of para-hydroxylation sites is 2. The van der Waals surface area contributed by atoms with E-state index in [9.17, 15) is 0 Å². The lowest BCUT2D eigenvalue weighted by Crippen LogP contribution is -1.96. The predicted molar refractivity (Wildman–Crippen MR) is 178 cm³/mol. The Kier molecular flexibility index (Phi) is 5.21. The number of imidazole rings is 1. The van der Waals surface area contributed by atoms with Gasteiger partial charge in [-0.25, -0.2) is 9.97 Å². The molecule has 4 heterocycles. The predicted octanol–water partition coefficient (Wildman–Crippen LogP) is 9.89. The zero-order chi connectivity index (χ0) is 28.5. The van der Waals surface area contributed by atoms with Gasteiger partial charge >= 0.3 is 0 Å². The van der Waals surface area contributed by atoms with Crippen LogP contribution in [0.25, 0.3) is 70.2 Å². The number of nitrogens with zero attached hydrogens (tertiary/aromatic N) is 4. The summed E-state index contributed by atoms with van der Waals surface area (Å²) in [5, 5.41) is 5.00. The first-order valence-corrected chi connectivity index (χ1v) is 15.0. The number of fused-ring (bicyclic) bond motifs is 8. The van der Waals surface area contributed by atoms with E-state index in [0.29, 0.717) is 0 Å². The average Bonchev–Trinajstić information content (AvgIpc) is 3.70. The van der Waals surface area contributed by atoms with E-state index in [1.54, 1.807) is 0 Å². The van der Waals surface area contributed by atoms with Gasteiger partial charge in [0.2, 0.25) is 0 Å². The maximum absolute atomic E-state index is 6.52. The van der Waals surface area contributed by atoms with Crippen LogP contribution < -0.4 is 4.74 Å². The van der Waals surface area contributed by atoms with E-state index in [-0.39, 0.29) is 0 Å². The molecule has 0 spiro atoms. The molecule has 5 aromatic carbocycles. The summed E-state index contributed by atoms with van der Waals surface area (Å²) < 4.78 is 13.5. The molecule has 204 valence electrons. The molecule has 9 aromatic rings. The van der Waals surface area contributed by atoms with Crippen LogP contribution in [0.1, 0.15) is 0 Å². The summed E-state index contributed by atoms with van der Waals surface area (Å²) in [5.74, 6) is 3.31. The summed E-state index contributed by atoms with van der Waals surface area (Å²) in [4.78, 5) is 9.63. The van der Waals surface area contributed by atoms with Crippen LogP contribution in [0.4, 0.5) is 0 Å². The van der Waals surface area contributed by atoms with Gasteiger partial charge in [0.1, 0.15) is 23.1 Å². The minimum atomic E-state index is 0.760. The second-order valence-electron chi connectivity index (χ2n) is 10.7. The standard InChI is InChI=1S/C37H24N4OS/c1-40-29-13-4-3-12-28(29)39-37(40)23-9-8-10-24(21-23)42-25-16-17-26-31(22-25)41(34-15-6-7-20-38-34)30-18-19-33-36(35(26)30)27-11-2-5-14-32(27)43-33/h2-22H,1H3. The number of thiophene rings is 1. The molecule has 6 heteroatoms. The van der Waals surface area contributed by atoms with Crippen molar-refractivity contribution >= 4 is 64.3 Å². The molecule has 0 atom stereocenters. The minimum absolute atomic E-state index is 0.760. The van der Waals surface area contributed by atoms with Gasteiger partial charge in [-0.1, -0.05) is 48.5 Å². The van der Waals surface area contributed by atoms with Crippen LogP contribution in [0, 0.1) is 0 Å². The van der Waals surface area contributed by atoms with Crippen LogP contribution in [0.2, 0.25) is 0 Å². The van der Waals surface area contributed by atoms with Crippen LogP contribution in [-0.4, -0.2) is 19.1 Å². The van der Waals surface area contributed by atoms with E-state index in [0.717, 1.165) is 50.8 Å². The highest BCUT2D eigenvalue weighted by molar-refractivity contribution is 7.26. The topological polar surface area (TPSA) is 44.9 Å². The van der Waals surface area contributed by atoms with Gasteiger partial charge in [-0.2, -0.15) is 0 Å². The zero-order valence-electron chi connectivity index (χ0n) is 23.2. The third-order valence-electron chi connectivity index (χ3n) is 8.24. The lowest BCUT2D eigenvalue weighted by Gasteiger charge is -2.10.